The Bertz CT molecular complexity index is 957. The van der Waals surface area contributed by atoms with Gasteiger partial charge in [0.05, 0.1) is 6.04 Å². The van der Waals surface area contributed by atoms with E-state index in [9.17, 15) is 4.79 Å². The lowest BCUT2D eigenvalue weighted by atomic mass is 10.2. The third kappa shape index (κ3) is 4.15. The van der Waals surface area contributed by atoms with Crippen LogP contribution >= 0.6 is 11.3 Å². The SMILES string of the molecule is O=C(Nc1ccc(-c2nnnn2C2CC2)cc1)N1CCN(Cc2cccs2)CC1. The maximum Gasteiger partial charge on any atom is 0.321 e. The Morgan fingerprint density at radius 3 is 2.59 bits per heavy atom. The summed E-state index contributed by atoms with van der Waals surface area (Å²) in [7, 11) is 0. The highest BCUT2D eigenvalue weighted by molar-refractivity contribution is 7.09. The lowest BCUT2D eigenvalue weighted by molar-refractivity contribution is 0.143. The number of hydrogen-bond donors (Lipinski definition) is 1. The van der Waals surface area contributed by atoms with Crippen molar-refractivity contribution in [3.8, 4) is 11.4 Å². The number of carbonyl (C=O) groups excluding carboxylic acids is 1. The number of anilines is 1. The number of aromatic nitrogens is 4. The first-order valence-corrected chi connectivity index (χ1v) is 10.8. The number of tetrazole rings is 1. The fraction of sp³-hybridized carbons (Fsp3) is 0.400. The highest BCUT2D eigenvalue weighted by Gasteiger charge is 2.28. The van der Waals surface area contributed by atoms with Crippen molar-refractivity contribution in [3.05, 3.63) is 46.7 Å². The first kappa shape index (κ1) is 18.3. The molecule has 0 atom stereocenters. The van der Waals surface area contributed by atoms with E-state index in [0.29, 0.717) is 6.04 Å². The van der Waals surface area contributed by atoms with Gasteiger partial charge in [0.15, 0.2) is 5.82 Å². The van der Waals surface area contributed by atoms with Gasteiger partial charge in [-0.2, -0.15) is 0 Å². The minimum Gasteiger partial charge on any atom is -0.322 e. The quantitative estimate of drug-likeness (QED) is 0.701. The van der Waals surface area contributed by atoms with Crippen LogP contribution in [0, 0.1) is 0 Å². The van der Waals surface area contributed by atoms with Gasteiger partial charge >= 0.3 is 6.03 Å². The van der Waals surface area contributed by atoms with Crippen LogP contribution in [0.1, 0.15) is 23.8 Å². The number of benzene rings is 1. The molecule has 29 heavy (non-hydrogen) atoms. The summed E-state index contributed by atoms with van der Waals surface area (Å²) in [6, 6.07) is 12.4. The lowest BCUT2D eigenvalue weighted by Crippen LogP contribution is -2.49. The molecule has 0 spiro atoms. The highest BCUT2D eigenvalue weighted by Crippen LogP contribution is 2.36. The molecule has 1 saturated carbocycles. The van der Waals surface area contributed by atoms with E-state index in [1.54, 1.807) is 11.3 Å². The van der Waals surface area contributed by atoms with Crippen molar-refractivity contribution in [2.75, 3.05) is 31.5 Å². The standard InChI is InChI=1S/C20H23N7OS/c28-20(26-11-9-25(10-12-26)14-18-2-1-13-29-18)21-16-5-3-15(4-6-16)19-22-23-24-27(19)17-7-8-17/h1-6,13,17H,7-12,14H2,(H,21,28). The molecule has 2 fully saturated rings. The summed E-state index contributed by atoms with van der Waals surface area (Å²) in [6.07, 6.45) is 2.26. The molecule has 0 radical (unpaired) electrons. The Morgan fingerprint density at radius 2 is 1.90 bits per heavy atom. The molecule has 0 unspecified atom stereocenters. The van der Waals surface area contributed by atoms with Gasteiger partial charge in [-0.15, -0.1) is 16.4 Å². The van der Waals surface area contributed by atoms with E-state index >= 15 is 0 Å². The summed E-state index contributed by atoms with van der Waals surface area (Å²) in [5.74, 6) is 0.784. The maximum absolute atomic E-state index is 12.6. The van der Waals surface area contributed by atoms with E-state index < -0.39 is 0 Å². The minimum absolute atomic E-state index is 0.0451. The van der Waals surface area contributed by atoms with Crippen LogP contribution in [-0.2, 0) is 6.54 Å². The molecule has 3 heterocycles. The van der Waals surface area contributed by atoms with Gasteiger partial charge in [0.25, 0.3) is 0 Å². The molecule has 150 valence electrons. The monoisotopic (exact) mass is 409 g/mol. The number of hydrogen-bond acceptors (Lipinski definition) is 6. The number of urea groups is 1. The number of rotatable bonds is 5. The zero-order valence-electron chi connectivity index (χ0n) is 16.1. The predicted molar refractivity (Wildman–Crippen MR) is 112 cm³/mol. The lowest BCUT2D eigenvalue weighted by Gasteiger charge is -2.34. The van der Waals surface area contributed by atoms with Gasteiger partial charge in [0.2, 0.25) is 0 Å². The second kappa shape index (κ2) is 7.92. The molecular formula is C20H23N7OS. The fourth-order valence-corrected chi connectivity index (χ4v) is 4.33. The Balaban J connectivity index is 1.15. The molecule has 2 amide bonds. The minimum atomic E-state index is -0.0451. The van der Waals surface area contributed by atoms with Crippen LogP contribution in [0.4, 0.5) is 10.5 Å². The number of amides is 2. The Hall–Kier alpha value is -2.78. The predicted octanol–water partition coefficient (Wildman–Crippen LogP) is 3.09. The van der Waals surface area contributed by atoms with Crippen LogP contribution in [-0.4, -0.2) is 62.2 Å². The fourth-order valence-electron chi connectivity index (χ4n) is 3.59. The molecule has 0 bridgehead atoms. The average Bonchev–Trinajstić information content (AvgIpc) is 3.24. The molecule has 1 N–H and O–H groups in total. The van der Waals surface area contributed by atoms with E-state index in [-0.39, 0.29) is 6.03 Å². The number of nitrogens with zero attached hydrogens (tertiary/aromatic N) is 6. The van der Waals surface area contributed by atoms with E-state index in [1.165, 1.54) is 4.88 Å². The van der Waals surface area contributed by atoms with Crippen LogP contribution < -0.4 is 5.32 Å². The number of piperazine rings is 1. The van der Waals surface area contributed by atoms with Crippen LogP contribution in [0.25, 0.3) is 11.4 Å². The number of thiophene rings is 1. The van der Waals surface area contributed by atoms with E-state index in [4.69, 9.17) is 0 Å². The van der Waals surface area contributed by atoms with E-state index in [1.807, 2.05) is 33.8 Å². The second-order valence-electron chi connectivity index (χ2n) is 7.53. The van der Waals surface area contributed by atoms with Crippen molar-refractivity contribution in [2.45, 2.75) is 25.4 Å². The summed E-state index contributed by atoms with van der Waals surface area (Å²) in [4.78, 5) is 18.3. The third-order valence-corrected chi connectivity index (χ3v) is 6.26. The van der Waals surface area contributed by atoms with Crippen LogP contribution in [0.15, 0.2) is 41.8 Å². The van der Waals surface area contributed by atoms with Crippen molar-refractivity contribution in [1.29, 1.82) is 0 Å². The van der Waals surface area contributed by atoms with Crippen molar-refractivity contribution < 1.29 is 4.79 Å². The Morgan fingerprint density at radius 1 is 1.10 bits per heavy atom. The summed E-state index contributed by atoms with van der Waals surface area (Å²) in [5, 5.41) is 17.2. The summed E-state index contributed by atoms with van der Waals surface area (Å²) < 4.78 is 1.89. The van der Waals surface area contributed by atoms with Crippen LogP contribution in [0.3, 0.4) is 0 Å². The molecule has 2 aliphatic rings. The van der Waals surface area contributed by atoms with Gasteiger partial charge in [-0.1, -0.05) is 6.07 Å². The van der Waals surface area contributed by atoms with E-state index in [2.05, 4.69) is 43.3 Å². The summed E-state index contributed by atoms with van der Waals surface area (Å²) in [6.45, 7) is 4.24. The average molecular weight is 410 g/mol. The van der Waals surface area contributed by atoms with Crippen LogP contribution in [0.2, 0.25) is 0 Å². The summed E-state index contributed by atoms with van der Waals surface area (Å²) in [5.41, 5.74) is 1.74. The van der Waals surface area contributed by atoms with E-state index in [0.717, 1.165) is 62.6 Å². The first-order chi connectivity index (χ1) is 14.3. The highest BCUT2D eigenvalue weighted by atomic mass is 32.1. The van der Waals surface area contributed by atoms with Crippen molar-refractivity contribution in [3.63, 3.8) is 0 Å². The molecule has 5 rings (SSSR count). The Kier molecular flexibility index (Phi) is 4.99. The smallest absolute Gasteiger partial charge is 0.321 e. The third-order valence-electron chi connectivity index (χ3n) is 5.40. The molecular weight excluding hydrogens is 386 g/mol. The zero-order chi connectivity index (χ0) is 19.6. The molecule has 2 aromatic heterocycles. The molecule has 1 aliphatic heterocycles. The first-order valence-electron chi connectivity index (χ1n) is 9.95. The molecule has 1 aromatic carbocycles. The summed E-state index contributed by atoms with van der Waals surface area (Å²) >= 11 is 1.78. The molecule has 8 nitrogen and oxygen atoms in total. The second-order valence-corrected chi connectivity index (χ2v) is 8.56. The normalized spacial score (nSPS) is 17.4. The Labute approximate surface area is 173 Å². The molecule has 1 aliphatic carbocycles. The van der Waals surface area contributed by atoms with Crippen molar-refractivity contribution in [2.24, 2.45) is 0 Å². The van der Waals surface area contributed by atoms with Gasteiger partial charge in [0.1, 0.15) is 0 Å². The molecule has 1 saturated heterocycles. The largest absolute Gasteiger partial charge is 0.322 e. The van der Waals surface area contributed by atoms with Gasteiger partial charge in [-0.25, -0.2) is 9.48 Å². The maximum atomic E-state index is 12.6. The van der Waals surface area contributed by atoms with Gasteiger partial charge in [-0.3, -0.25) is 4.90 Å². The van der Waals surface area contributed by atoms with Crippen molar-refractivity contribution in [1.82, 2.24) is 30.0 Å². The zero-order valence-corrected chi connectivity index (χ0v) is 16.9. The molecule has 3 aromatic rings. The van der Waals surface area contributed by atoms with Crippen molar-refractivity contribution >= 4 is 23.1 Å². The van der Waals surface area contributed by atoms with Gasteiger partial charge < -0.3 is 10.2 Å². The molecule has 9 heteroatoms. The number of nitrogens with one attached hydrogen (secondary N) is 1. The topological polar surface area (TPSA) is 79.2 Å². The van der Waals surface area contributed by atoms with Gasteiger partial charge in [-0.05, 0) is 59.0 Å². The van der Waals surface area contributed by atoms with Gasteiger partial charge in [0, 0.05) is 48.9 Å². The number of carbonyl (C=O) groups is 1. The van der Waals surface area contributed by atoms with Crippen LogP contribution in [0.5, 0.6) is 0 Å².